The summed E-state index contributed by atoms with van der Waals surface area (Å²) in [4.78, 5) is 10.1. The third-order valence-corrected chi connectivity index (χ3v) is 2.09. The molecule has 0 amide bonds. The molecule has 0 atom stereocenters. The number of hydrogen-bond donors (Lipinski definition) is 3. The summed E-state index contributed by atoms with van der Waals surface area (Å²) in [5, 5.41) is 20.8. The molecule has 0 heterocycles. The van der Waals surface area contributed by atoms with Gasteiger partial charge in [-0.05, 0) is 12.8 Å². The van der Waals surface area contributed by atoms with Crippen molar-refractivity contribution in [1.29, 1.82) is 0 Å². The Kier molecular flexibility index (Phi) is 5.14. The van der Waals surface area contributed by atoms with Gasteiger partial charge in [-0.2, -0.15) is 0 Å². The van der Waals surface area contributed by atoms with Gasteiger partial charge in [-0.25, -0.2) is 4.79 Å². The summed E-state index contributed by atoms with van der Waals surface area (Å²) in [6, 6.07) is 0. The number of aliphatic carboxylic acids is 1. The third-order valence-electron chi connectivity index (χ3n) is 2.09. The van der Waals surface area contributed by atoms with Crippen LogP contribution in [0.4, 0.5) is 0 Å². The van der Waals surface area contributed by atoms with E-state index >= 15 is 0 Å². The topological polar surface area (TPSA) is 69.6 Å². The van der Waals surface area contributed by atoms with Gasteiger partial charge in [0.25, 0.3) is 0 Å². The summed E-state index contributed by atoms with van der Waals surface area (Å²) in [5.74, 6) is -0.996. The van der Waals surface area contributed by atoms with Crippen molar-refractivity contribution in [3.05, 3.63) is 12.3 Å². The summed E-state index contributed by atoms with van der Waals surface area (Å²) in [7, 11) is 0. The van der Waals surface area contributed by atoms with Crippen LogP contribution in [0.1, 0.15) is 26.7 Å². The van der Waals surface area contributed by atoms with Gasteiger partial charge in [0, 0.05) is 18.8 Å². The van der Waals surface area contributed by atoms with E-state index in [9.17, 15) is 9.90 Å². The van der Waals surface area contributed by atoms with Crippen molar-refractivity contribution in [1.82, 2.24) is 5.32 Å². The Balaban J connectivity index is 3.80. The molecule has 0 aromatic rings. The van der Waals surface area contributed by atoms with Crippen molar-refractivity contribution in [2.45, 2.75) is 32.3 Å². The maximum Gasteiger partial charge on any atom is 0.329 e. The fourth-order valence-electron chi connectivity index (χ4n) is 0.879. The largest absolute Gasteiger partial charge is 0.478 e. The lowest BCUT2D eigenvalue weighted by Gasteiger charge is -2.24. The van der Waals surface area contributed by atoms with E-state index in [0.29, 0.717) is 19.4 Å². The molecular weight excluding hydrogens is 170 g/mol. The molecule has 3 N–H and O–H groups in total. The second kappa shape index (κ2) is 5.59. The van der Waals surface area contributed by atoms with Gasteiger partial charge in [0.2, 0.25) is 0 Å². The Labute approximate surface area is 78.3 Å². The first-order chi connectivity index (χ1) is 6.04. The maximum atomic E-state index is 10.1. The summed E-state index contributed by atoms with van der Waals surface area (Å²) >= 11 is 0. The highest BCUT2D eigenvalue weighted by Gasteiger charge is 2.20. The van der Waals surface area contributed by atoms with E-state index in [-0.39, 0.29) is 0 Å². The van der Waals surface area contributed by atoms with E-state index in [0.717, 1.165) is 6.08 Å². The molecule has 13 heavy (non-hydrogen) atoms. The smallest absolute Gasteiger partial charge is 0.329 e. The third kappa shape index (κ3) is 5.25. The van der Waals surface area contributed by atoms with Gasteiger partial charge in [-0.3, -0.25) is 0 Å². The van der Waals surface area contributed by atoms with E-state index in [1.165, 1.54) is 6.20 Å². The van der Waals surface area contributed by atoms with E-state index in [4.69, 9.17) is 5.11 Å². The van der Waals surface area contributed by atoms with Crippen molar-refractivity contribution in [2.75, 3.05) is 6.54 Å². The normalized spacial score (nSPS) is 11.9. The summed E-state index contributed by atoms with van der Waals surface area (Å²) in [5.41, 5.74) is -0.733. The van der Waals surface area contributed by atoms with Crippen molar-refractivity contribution in [3.8, 4) is 0 Å². The minimum atomic E-state index is -0.996. The zero-order valence-corrected chi connectivity index (χ0v) is 8.08. The number of carbonyl (C=O) groups is 1. The van der Waals surface area contributed by atoms with Crippen LogP contribution in [-0.4, -0.2) is 28.3 Å². The number of rotatable bonds is 6. The Bertz CT molecular complexity index is 185. The average Bonchev–Trinajstić information content (AvgIpc) is 2.12. The van der Waals surface area contributed by atoms with E-state index in [2.05, 4.69) is 5.32 Å². The molecule has 0 aromatic carbocycles. The van der Waals surface area contributed by atoms with Crippen LogP contribution in [0.15, 0.2) is 12.3 Å². The van der Waals surface area contributed by atoms with Gasteiger partial charge in [0.05, 0.1) is 5.60 Å². The van der Waals surface area contributed by atoms with Gasteiger partial charge in [0.15, 0.2) is 0 Å². The van der Waals surface area contributed by atoms with Crippen LogP contribution in [0.25, 0.3) is 0 Å². The van der Waals surface area contributed by atoms with Crippen LogP contribution in [0.3, 0.4) is 0 Å². The highest BCUT2D eigenvalue weighted by atomic mass is 16.4. The minimum absolute atomic E-state index is 0.379. The van der Waals surface area contributed by atoms with E-state index in [1.54, 1.807) is 0 Å². The van der Waals surface area contributed by atoms with Crippen LogP contribution in [-0.2, 0) is 4.79 Å². The van der Waals surface area contributed by atoms with Gasteiger partial charge in [-0.1, -0.05) is 13.8 Å². The molecule has 0 unspecified atom stereocenters. The van der Waals surface area contributed by atoms with Crippen LogP contribution in [0.2, 0.25) is 0 Å². The molecule has 0 fully saturated rings. The lowest BCUT2D eigenvalue weighted by atomic mass is 9.98. The number of hydrogen-bond acceptors (Lipinski definition) is 3. The average molecular weight is 187 g/mol. The quantitative estimate of drug-likeness (QED) is 0.536. The predicted molar refractivity (Wildman–Crippen MR) is 50.3 cm³/mol. The first-order valence-electron chi connectivity index (χ1n) is 4.39. The Morgan fingerprint density at radius 1 is 1.46 bits per heavy atom. The number of carboxylic acid groups (broad SMARTS) is 1. The predicted octanol–water partition coefficient (Wildman–Crippen LogP) is 0.725. The van der Waals surface area contributed by atoms with Crippen LogP contribution >= 0.6 is 0 Å². The Hall–Kier alpha value is -1.03. The van der Waals surface area contributed by atoms with Crippen LogP contribution in [0.5, 0.6) is 0 Å². The molecule has 0 aliphatic carbocycles. The van der Waals surface area contributed by atoms with Crippen LogP contribution < -0.4 is 5.32 Å². The number of aliphatic hydroxyl groups is 1. The molecule has 0 aliphatic rings. The zero-order chi connectivity index (χ0) is 10.3. The lowest BCUT2D eigenvalue weighted by molar-refractivity contribution is -0.131. The maximum absolute atomic E-state index is 10.1. The van der Waals surface area contributed by atoms with Crippen molar-refractivity contribution in [2.24, 2.45) is 0 Å². The van der Waals surface area contributed by atoms with Gasteiger partial charge in [-0.15, -0.1) is 0 Å². The second-order valence-electron chi connectivity index (χ2n) is 2.98. The van der Waals surface area contributed by atoms with Crippen LogP contribution in [0, 0.1) is 0 Å². The molecular formula is C9H17NO3. The zero-order valence-electron chi connectivity index (χ0n) is 8.08. The fourth-order valence-corrected chi connectivity index (χ4v) is 0.879. The standard InChI is InChI=1S/C9H17NO3/c1-3-9(13,4-2)7-10-6-5-8(11)12/h5-6,10,13H,3-4,7H2,1-2H3,(H,11,12)/b6-5+. The fraction of sp³-hybridized carbons (Fsp3) is 0.667. The molecule has 0 saturated heterocycles. The van der Waals surface area contributed by atoms with Crippen molar-refractivity contribution in [3.63, 3.8) is 0 Å². The minimum Gasteiger partial charge on any atom is -0.478 e. The highest BCUT2D eigenvalue weighted by molar-refractivity contribution is 5.79. The molecule has 76 valence electrons. The molecule has 0 bridgehead atoms. The monoisotopic (exact) mass is 187 g/mol. The number of nitrogens with one attached hydrogen (secondary N) is 1. The summed E-state index contributed by atoms with van der Waals surface area (Å²) in [6.07, 6.45) is 3.64. The summed E-state index contributed by atoms with van der Waals surface area (Å²) < 4.78 is 0. The SMILES string of the molecule is CCC(O)(CC)CN/C=C/C(=O)O. The highest BCUT2D eigenvalue weighted by Crippen LogP contribution is 2.12. The second-order valence-corrected chi connectivity index (χ2v) is 2.98. The molecule has 0 aliphatic heterocycles. The molecule has 0 radical (unpaired) electrons. The van der Waals surface area contributed by atoms with E-state index in [1.807, 2.05) is 13.8 Å². The van der Waals surface area contributed by atoms with E-state index < -0.39 is 11.6 Å². The molecule has 4 nitrogen and oxygen atoms in total. The van der Waals surface area contributed by atoms with Crippen molar-refractivity contribution >= 4 is 5.97 Å². The first-order valence-corrected chi connectivity index (χ1v) is 4.39. The molecule has 0 aromatic heterocycles. The number of carboxylic acids is 1. The lowest BCUT2D eigenvalue weighted by Crippen LogP contribution is -2.37. The summed E-state index contributed by atoms with van der Waals surface area (Å²) in [6.45, 7) is 4.17. The molecule has 0 spiro atoms. The molecule has 0 rings (SSSR count). The Morgan fingerprint density at radius 2 is 2.00 bits per heavy atom. The van der Waals surface area contributed by atoms with Gasteiger partial charge < -0.3 is 15.5 Å². The van der Waals surface area contributed by atoms with Crippen molar-refractivity contribution < 1.29 is 15.0 Å². The first kappa shape index (κ1) is 12.0. The molecule has 4 heteroatoms. The van der Waals surface area contributed by atoms with Gasteiger partial charge >= 0.3 is 5.97 Å². The molecule has 0 saturated carbocycles. The Morgan fingerprint density at radius 3 is 2.38 bits per heavy atom. The van der Waals surface area contributed by atoms with Gasteiger partial charge in [0.1, 0.15) is 0 Å².